The summed E-state index contributed by atoms with van der Waals surface area (Å²) in [5.41, 5.74) is 0.263. The molecule has 2 rings (SSSR count). The molecule has 0 saturated heterocycles. The molecule has 11 heteroatoms. The maximum atomic E-state index is 12.9. The average molecular weight is 440 g/mol. The van der Waals surface area contributed by atoms with E-state index in [1.165, 1.54) is 6.92 Å². The molecule has 29 heavy (non-hydrogen) atoms. The topological polar surface area (TPSA) is 139 Å². The predicted molar refractivity (Wildman–Crippen MR) is 101 cm³/mol. The van der Waals surface area contributed by atoms with E-state index in [0.29, 0.717) is 16.9 Å². The molecule has 0 aliphatic carbocycles. The van der Waals surface area contributed by atoms with Crippen molar-refractivity contribution in [1.82, 2.24) is 4.72 Å². The van der Waals surface area contributed by atoms with Gasteiger partial charge in [-0.05, 0) is 24.5 Å². The first-order chi connectivity index (χ1) is 13.6. The number of benzene rings is 1. The maximum Gasteiger partial charge on any atom is 0.348 e. The van der Waals surface area contributed by atoms with Crippen molar-refractivity contribution in [2.45, 2.75) is 23.6 Å². The van der Waals surface area contributed by atoms with E-state index in [4.69, 9.17) is 0 Å². The van der Waals surface area contributed by atoms with Crippen LogP contribution in [-0.4, -0.2) is 46.6 Å². The lowest BCUT2D eigenvalue weighted by molar-refractivity contribution is -0.307. The zero-order chi connectivity index (χ0) is 21.8. The highest BCUT2D eigenvalue weighted by Crippen LogP contribution is 2.33. The van der Waals surface area contributed by atoms with Gasteiger partial charge in [-0.1, -0.05) is 30.3 Å². The van der Waals surface area contributed by atoms with Gasteiger partial charge in [0, 0.05) is 0 Å². The van der Waals surface area contributed by atoms with Crippen LogP contribution in [0, 0.1) is 6.92 Å². The number of sulfonamides is 1. The molecule has 0 fully saturated rings. The van der Waals surface area contributed by atoms with E-state index in [9.17, 15) is 27.9 Å². The fourth-order valence-electron chi connectivity index (χ4n) is 2.57. The summed E-state index contributed by atoms with van der Waals surface area (Å²) in [6.07, 6.45) is -0.176. The van der Waals surface area contributed by atoms with Crippen molar-refractivity contribution in [3.63, 3.8) is 0 Å². The largest absolute Gasteiger partial charge is 0.548 e. The van der Waals surface area contributed by atoms with E-state index < -0.39 is 38.2 Å². The highest BCUT2D eigenvalue weighted by Gasteiger charge is 2.34. The molecule has 1 atom stereocenters. The van der Waals surface area contributed by atoms with E-state index in [1.807, 2.05) is 4.72 Å². The van der Waals surface area contributed by atoms with Gasteiger partial charge in [0.1, 0.15) is 4.88 Å². The minimum atomic E-state index is -4.51. The summed E-state index contributed by atoms with van der Waals surface area (Å²) in [6, 6.07) is 6.75. The van der Waals surface area contributed by atoms with Crippen LogP contribution in [0.2, 0.25) is 0 Å². The number of methoxy groups -OCH3 is 2. The van der Waals surface area contributed by atoms with E-state index in [-0.39, 0.29) is 22.4 Å². The van der Waals surface area contributed by atoms with Gasteiger partial charge in [-0.15, -0.1) is 11.3 Å². The summed E-state index contributed by atoms with van der Waals surface area (Å²) in [5, 5.41) is 11.5. The Morgan fingerprint density at radius 3 is 2.21 bits per heavy atom. The Morgan fingerprint density at radius 2 is 1.69 bits per heavy atom. The third-order valence-corrected chi connectivity index (χ3v) is 7.25. The molecule has 0 saturated carbocycles. The number of nitrogens with one attached hydrogen (secondary N) is 1. The number of carbonyl (C=O) groups is 3. The highest BCUT2D eigenvalue weighted by atomic mass is 32.2. The van der Waals surface area contributed by atoms with Crippen LogP contribution in [-0.2, 0) is 30.7 Å². The molecule has 0 unspecified atom stereocenters. The number of thiophene rings is 1. The maximum absolute atomic E-state index is 12.9. The van der Waals surface area contributed by atoms with Crippen LogP contribution in [0.15, 0.2) is 34.5 Å². The zero-order valence-electron chi connectivity index (χ0n) is 15.8. The van der Waals surface area contributed by atoms with Crippen molar-refractivity contribution in [3.05, 3.63) is 51.9 Å². The molecular formula is C18H18NO8S2-. The van der Waals surface area contributed by atoms with Gasteiger partial charge < -0.3 is 19.4 Å². The summed E-state index contributed by atoms with van der Waals surface area (Å²) in [7, 11) is -2.35. The van der Waals surface area contributed by atoms with Crippen LogP contribution in [0.1, 0.15) is 31.2 Å². The summed E-state index contributed by atoms with van der Waals surface area (Å²) in [6.45, 7) is 1.37. The van der Waals surface area contributed by atoms with E-state index in [0.717, 1.165) is 14.2 Å². The van der Waals surface area contributed by atoms with Crippen LogP contribution in [0.5, 0.6) is 0 Å². The Labute approximate surface area is 171 Å². The second kappa shape index (κ2) is 9.16. The summed E-state index contributed by atoms with van der Waals surface area (Å²) < 4.78 is 36.5. The van der Waals surface area contributed by atoms with Gasteiger partial charge in [0.15, 0.2) is 4.21 Å². The van der Waals surface area contributed by atoms with Crippen LogP contribution < -0.4 is 9.83 Å². The standard InChI is InChI=1S/C18H19NO8S2/c1-10-13(16(22)26-2)18(28-14(10)17(23)27-3)29(24,25)19-12(15(20)21)9-11-7-5-4-6-8-11/h4-8,12,19H,9H2,1-3H3,(H,20,21)/p-1/t12-/m0/s1. The van der Waals surface area contributed by atoms with Crippen molar-refractivity contribution < 1.29 is 37.4 Å². The monoisotopic (exact) mass is 440 g/mol. The third-order valence-electron chi connectivity index (χ3n) is 3.98. The Morgan fingerprint density at radius 1 is 1.10 bits per heavy atom. The van der Waals surface area contributed by atoms with Crippen molar-refractivity contribution >= 4 is 39.3 Å². The number of carboxylic acids is 1. The van der Waals surface area contributed by atoms with Crippen molar-refractivity contribution in [2.75, 3.05) is 14.2 Å². The van der Waals surface area contributed by atoms with Gasteiger partial charge in [-0.25, -0.2) is 22.7 Å². The fraction of sp³-hybridized carbons (Fsp3) is 0.278. The number of hydrogen-bond donors (Lipinski definition) is 1. The van der Waals surface area contributed by atoms with Crippen molar-refractivity contribution in [1.29, 1.82) is 0 Å². The first-order valence-electron chi connectivity index (χ1n) is 8.19. The lowest BCUT2D eigenvalue weighted by atomic mass is 10.1. The first kappa shape index (κ1) is 22.5. The molecule has 1 aromatic heterocycles. The van der Waals surface area contributed by atoms with Gasteiger partial charge in [-0.3, -0.25) is 0 Å². The zero-order valence-corrected chi connectivity index (χ0v) is 17.4. The molecule has 9 nitrogen and oxygen atoms in total. The van der Waals surface area contributed by atoms with E-state index in [2.05, 4.69) is 9.47 Å². The molecule has 1 heterocycles. The van der Waals surface area contributed by atoms with Crippen molar-refractivity contribution in [2.24, 2.45) is 0 Å². The molecular weight excluding hydrogens is 422 g/mol. The average Bonchev–Trinajstić information content (AvgIpc) is 3.05. The molecule has 1 N–H and O–H groups in total. The molecule has 2 aromatic rings. The van der Waals surface area contributed by atoms with Gasteiger partial charge in [0.2, 0.25) is 0 Å². The van der Waals surface area contributed by atoms with Crippen LogP contribution >= 0.6 is 11.3 Å². The normalized spacial score (nSPS) is 12.2. The minimum Gasteiger partial charge on any atom is -0.548 e. The Bertz CT molecular complexity index is 1030. The van der Waals surface area contributed by atoms with E-state index in [1.54, 1.807) is 30.3 Å². The molecule has 0 aliphatic heterocycles. The lowest BCUT2D eigenvalue weighted by Crippen LogP contribution is -2.49. The molecule has 0 amide bonds. The number of carbonyl (C=O) groups excluding carboxylic acids is 3. The van der Waals surface area contributed by atoms with Crippen LogP contribution in [0.4, 0.5) is 0 Å². The first-order valence-corrected chi connectivity index (χ1v) is 10.5. The SMILES string of the molecule is COC(=O)c1sc(S(=O)(=O)N[C@@H](Cc2ccccc2)C(=O)[O-])c(C(=O)OC)c1C. The van der Waals surface area contributed by atoms with Gasteiger partial charge >= 0.3 is 11.9 Å². The van der Waals surface area contributed by atoms with Gasteiger partial charge in [0.05, 0.1) is 31.8 Å². The lowest BCUT2D eigenvalue weighted by Gasteiger charge is -2.19. The second-order valence-corrected chi connectivity index (χ2v) is 8.81. The van der Waals surface area contributed by atoms with Crippen molar-refractivity contribution in [3.8, 4) is 0 Å². The predicted octanol–water partition coefficient (Wildman–Crippen LogP) is 0.269. The number of hydrogen-bond acceptors (Lipinski definition) is 9. The number of esters is 2. The van der Waals surface area contributed by atoms with E-state index >= 15 is 0 Å². The number of rotatable bonds is 8. The summed E-state index contributed by atoms with van der Waals surface area (Å²) in [4.78, 5) is 35.5. The summed E-state index contributed by atoms with van der Waals surface area (Å²) >= 11 is 0.490. The van der Waals surface area contributed by atoms with Crippen LogP contribution in [0.25, 0.3) is 0 Å². The molecule has 0 bridgehead atoms. The molecule has 0 aliphatic rings. The second-order valence-electron chi connectivity index (χ2n) is 5.88. The number of ether oxygens (including phenoxy) is 2. The third kappa shape index (κ3) is 5.00. The van der Waals surface area contributed by atoms with Crippen LogP contribution in [0.3, 0.4) is 0 Å². The Balaban J connectivity index is 2.49. The minimum absolute atomic E-state index is 0.0575. The Kier molecular flexibility index (Phi) is 7.11. The fourth-order valence-corrected chi connectivity index (χ4v) is 5.51. The highest BCUT2D eigenvalue weighted by molar-refractivity contribution is 7.91. The van der Waals surface area contributed by atoms with Gasteiger partial charge in [0.25, 0.3) is 10.0 Å². The van der Waals surface area contributed by atoms with Gasteiger partial charge in [-0.2, -0.15) is 0 Å². The smallest absolute Gasteiger partial charge is 0.348 e. The summed E-state index contributed by atoms with van der Waals surface area (Å²) in [5.74, 6) is -3.46. The quantitative estimate of drug-likeness (QED) is 0.577. The molecule has 1 aromatic carbocycles. The molecule has 0 spiro atoms. The molecule has 156 valence electrons. The Hall–Kier alpha value is -2.76. The molecule has 0 radical (unpaired) electrons. The number of carboxylic acid groups (broad SMARTS) is 1. The number of aliphatic carboxylic acids is 1.